The second-order valence-corrected chi connectivity index (χ2v) is 5.90. The Bertz CT molecular complexity index is 491. The molecule has 6 heteroatoms. The highest BCUT2D eigenvalue weighted by atomic mass is 32.2. The number of carbonyl (C=O) groups is 1. The lowest BCUT2D eigenvalue weighted by Crippen LogP contribution is -2.27. The van der Waals surface area contributed by atoms with Crippen LogP contribution in [0.1, 0.15) is 5.76 Å². The molecule has 0 saturated carbocycles. The molecule has 2 heterocycles. The van der Waals surface area contributed by atoms with E-state index in [1.807, 2.05) is 11.4 Å². The molecular weight excluding hydrogens is 258 g/mol. The number of carbonyl (C=O) groups excluding carboxylic acids is 1. The van der Waals surface area contributed by atoms with E-state index in [0.717, 1.165) is 4.21 Å². The minimum absolute atomic E-state index is 0.0127. The van der Waals surface area contributed by atoms with Gasteiger partial charge in [-0.15, -0.1) is 11.3 Å². The van der Waals surface area contributed by atoms with Crippen LogP contribution in [0.15, 0.2) is 44.5 Å². The first-order chi connectivity index (χ1) is 8.25. The zero-order valence-corrected chi connectivity index (χ0v) is 10.6. The quantitative estimate of drug-likeness (QED) is 0.900. The zero-order chi connectivity index (χ0) is 12.1. The van der Waals surface area contributed by atoms with E-state index in [2.05, 4.69) is 5.32 Å². The van der Waals surface area contributed by atoms with Crippen molar-refractivity contribution in [2.75, 3.05) is 5.75 Å². The maximum Gasteiger partial charge on any atom is 0.233 e. The first-order valence-corrected chi connectivity index (χ1v) is 7.16. The molecule has 0 aromatic carbocycles. The monoisotopic (exact) mass is 269 g/mol. The summed E-state index contributed by atoms with van der Waals surface area (Å²) in [7, 11) is -1.25. The Morgan fingerprint density at radius 1 is 1.41 bits per heavy atom. The van der Waals surface area contributed by atoms with Crippen molar-refractivity contribution in [1.82, 2.24) is 5.32 Å². The fraction of sp³-hybridized carbons (Fsp3) is 0.182. The molecule has 0 aliphatic carbocycles. The third kappa shape index (κ3) is 3.54. The molecular formula is C11H11NO3S2. The molecule has 0 saturated heterocycles. The van der Waals surface area contributed by atoms with Gasteiger partial charge in [0.25, 0.3) is 0 Å². The summed E-state index contributed by atoms with van der Waals surface area (Å²) in [5, 5.41) is 4.50. The van der Waals surface area contributed by atoms with Crippen molar-refractivity contribution in [2.45, 2.75) is 10.8 Å². The minimum atomic E-state index is -1.25. The number of hydrogen-bond donors (Lipinski definition) is 1. The first-order valence-electron chi connectivity index (χ1n) is 4.96. The molecule has 0 radical (unpaired) electrons. The average Bonchev–Trinajstić information content (AvgIpc) is 2.99. The van der Waals surface area contributed by atoms with Gasteiger partial charge in [-0.05, 0) is 23.6 Å². The van der Waals surface area contributed by atoms with Crippen LogP contribution in [0.25, 0.3) is 0 Å². The van der Waals surface area contributed by atoms with Crippen LogP contribution in [-0.2, 0) is 22.1 Å². The van der Waals surface area contributed by atoms with Crippen molar-refractivity contribution in [3.05, 3.63) is 41.7 Å². The molecule has 0 aliphatic rings. The Hall–Kier alpha value is -1.40. The fourth-order valence-corrected chi connectivity index (χ4v) is 3.17. The van der Waals surface area contributed by atoms with E-state index in [0.29, 0.717) is 12.3 Å². The van der Waals surface area contributed by atoms with Gasteiger partial charge in [0.15, 0.2) is 0 Å². The Kier molecular flexibility index (Phi) is 4.11. The SMILES string of the molecule is O=C(C[S@@](=O)c1cccs1)NCc1ccco1. The predicted octanol–water partition coefficient (Wildman–Crippen LogP) is 1.77. The molecule has 1 atom stereocenters. The Balaban J connectivity index is 1.80. The second kappa shape index (κ2) is 5.79. The van der Waals surface area contributed by atoms with Gasteiger partial charge in [-0.1, -0.05) is 6.07 Å². The molecule has 17 heavy (non-hydrogen) atoms. The maximum atomic E-state index is 11.7. The average molecular weight is 269 g/mol. The van der Waals surface area contributed by atoms with Crippen LogP contribution in [-0.4, -0.2) is 15.9 Å². The summed E-state index contributed by atoms with van der Waals surface area (Å²) >= 11 is 1.39. The standard InChI is InChI=1S/C11H11NO3S2/c13-10(12-7-9-3-1-5-15-9)8-17(14)11-4-2-6-16-11/h1-6H,7-8H2,(H,12,13)/t17-/m1/s1. The molecule has 0 aliphatic heterocycles. The van der Waals surface area contributed by atoms with Gasteiger partial charge in [-0.25, -0.2) is 0 Å². The van der Waals surface area contributed by atoms with E-state index in [4.69, 9.17) is 4.42 Å². The fourth-order valence-electron chi connectivity index (χ4n) is 1.23. The van der Waals surface area contributed by atoms with Crippen molar-refractivity contribution in [1.29, 1.82) is 0 Å². The second-order valence-electron chi connectivity index (χ2n) is 3.28. The molecule has 90 valence electrons. The molecule has 2 aromatic rings. The zero-order valence-electron chi connectivity index (χ0n) is 8.92. The van der Waals surface area contributed by atoms with E-state index in [9.17, 15) is 9.00 Å². The van der Waals surface area contributed by atoms with Crippen LogP contribution in [0, 0.1) is 0 Å². The lowest BCUT2D eigenvalue weighted by atomic mass is 10.4. The summed E-state index contributed by atoms with van der Waals surface area (Å²) in [6.45, 7) is 0.327. The highest BCUT2D eigenvalue weighted by Gasteiger charge is 2.10. The van der Waals surface area contributed by atoms with E-state index in [-0.39, 0.29) is 11.7 Å². The minimum Gasteiger partial charge on any atom is -0.467 e. The van der Waals surface area contributed by atoms with Gasteiger partial charge in [-0.3, -0.25) is 9.00 Å². The highest BCUT2D eigenvalue weighted by Crippen LogP contribution is 2.13. The molecule has 1 N–H and O–H groups in total. The summed E-state index contributed by atoms with van der Waals surface area (Å²) in [6, 6.07) is 7.11. The number of furan rings is 1. The van der Waals surface area contributed by atoms with Crippen molar-refractivity contribution in [2.24, 2.45) is 0 Å². The molecule has 0 unspecified atom stereocenters. The topological polar surface area (TPSA) is 59.3 Å². The van der Waals surface area contributed by atoms with Crippen molar-refractivity contribution in [3.63, 3.8) is 0 Å². The molecule has 0 spiro atoms. The van der Waals surface area contributed by atoms with E-state index >= 15 is 0 Å². The Morgan fingerprint density at radius 3 is 2.94 bits per heavy atom. The van der Waals surface area contributed by atoms with E-state index in [1.165, 1.54) is 11.3 Å². The molecule has 4 nitrogen and oxygen atoms in total. The van der Waals surface area contributed by atoms with Gasteiger partial charge in [0.2, 0.25) is 5.91 Å². The molecule has 1 amide bonds. The number of thiophene rings is 1. The number of hydrogen-bond acceptors (Lipinski definition) is 4. The lowest BCUT2D eigenvalue weighted by molar-refractivity contribution is -0.118. The maximum absolute atomic E-state index is 11.7. The number of nitrogens with one attached hydrogen (secondary N) is 1. The molecule has 2 rings (SSSR count). The van der Waals surface area contributed by atoms with Crippen molar-refractivity contribution >= 4 is 28.0 Å². The van der Waals surface area contributed by atoms with Crippen LogP contribution < -0.4 is 5.32 Å². The van der Waals surface area contributed by atoms with Gasteiger partial charge in [0.1, 0.15) is 11.5 Å². The Labute approximate surface area is 105 Å². The molecule has 0 fully saturated rings. The van der Waals surface area contributed by atoms with Crippen LogP contribution in [0.2, 0.25) is 0 Å². The summed E-state index contributed by atoms with van der Waals surface area (Å²) in [6.07, 6.45) is 1.55. The lowest BCUT2D eigenvalue weighted by Gasteiger charge is -2.02. The summed E-state index contributed by atoms with van der Waals surface area (Å²) in [5.74, 6) is 0.426. The summed E-state index contributed by atoms with van der Waals surface area (Å²) in [5.41, 5.74) is 0. The number of amides is 1. The van der Waals surface area contributed by atoms with Gasteiger partial charge in [0, 0.05) is 0 Å². The van der Waals surface area contributed by atoms with Gasteiger partial charge in [-0.2, -0.15) is 0 Å². The predicted molar refractivity (Wildman–Crippen MR) is 66.1 cm³/mol. The largest absolute Gasteiger partial charge is 0.467 e. The van der Waals surface area contributed by atoms with Gasteiger partial charge >= 0.3 is 0 Å². The summed E-state index contributed by atoms with van der Waals surface area (Å²) < 4.78 is 17.5. The normalized spacial score (nSPS) is 12.2. The Morgan fingerprint density at radius 2 is 2.29 bits per heavy atom. The smallest absolute Gasteiger partial charge is 0.233 e. The third-order valence-corrected chi connectivity index (χ3v) is 4.64. The van der Waals surface area contributed by atoms with Crippen molar-refractivity contribution in [3.8, 4) is 0 Å². The highest BCUT2D eigenvalue weighted by molar-refractivity contribution is 7.88. The van der Waals surface area contributed by atoms with Crippen LogP contribution in [0.3, 0.4) is 0 Å². The number of rotatable bonds is 5. The van der Waals surface area contributed by atoms with Gasteiger partial charge < -0.3 is 9.73 Å². The molecule has 2 aromatic heterocycles. The van der Waals surface area contributed by atoms with Crippen LogP contribution in [0.4, 0.5) is 0 Å². The molecule has 0 bridgehead atoms. The van der Waals surface area contributed by atoms with Gasteiger partial charge in [0.05, 0.1) is 27.8 Å². The van der Waals surface area contributed by atoms with Crippen molar-refractivity contribution < 1.29 is 13.4 Å². The third-order valence-electron chi connectivity index (χ3n) is 2.02. The van der Waals surface area contributed by atoms with Crippen LogP contribution >= 0.6 is 11.3 Å². The summed E-state index contributed by atoms with van der Waals surface area (Å²) in [4.78, 5) is 11.5. The van der Waals surface area contributed by atoms with E-state index < -0.39 is 10.8 Å². The van der Waals surface area contributed by atoms with E-state index in [1.54, 1.807) is 24.5 Å². The van der Waals surface area contributed by atoms with Crippen LogP contribution in [0.5, 0.6) is 0 Å². The first kappa shape index (κ1) is 12.1.